The highest BCUT2D eigenvalue weighted by atomic mass is 35.5. The number of rotatable bonds is 5. The van der Waals surface area contributed by atoms with Gasteiger partial charge in [0.15, 0.2) is 17.3 Å². The first-order chi connectivity index (χ1) is 7.63. The number of methoxy groups -OCH3 is 2. The van der Waals surface area contributed by atoms with E-state index in [1.165, 1.54) is 14.2 Å². The van der Waals surface area contributed by atoms with Gasteiger partial charge in [-0.05, 0) is 18.2 Å². The highest BCUT2D eigenvalue weighted by Gasteiger charge is 2.17. The maximum atomic E-state index is 11.7. The second-order valence-corrected chi connectivity index (χ2v) is 3.89. The molecule has 1 atom stereocenters. The van der Waals surface area contributed by atoms with E-state index >= 15 is 0 Å². The summed E-state index contributed by atoms with van der Waals surface area (Å²) in [7, 11) is 3.04. The van der Waals surface area contributed by atoms with Gasteiger partial charge in [0.25, 0.3) is 0 Å². The largest absolute Gasteiger partial charge is 0.493 e. The maximum Gasteiger partial charge on any atom is 0.182 e. The molecular weight excluding hydrogens is 251 g/mol. The van der Waals surface area contributed by atoms with Gasteiger partial charge in [0, 0.05) is 11.4 Å². The third-order valence-corrected chi connectivity index (χ3v) is 2.91. The fourth-order valence-electron chi connectivity index (χ4n) is 1.24. The lowest BCUT2D eigenvalue weighted by Gasteiger charge is -2.10. The zero-order chi connectivity index (χ0) is 12.1. The molecule has 0 amide bonds. The van der Waals surface area contributed by atoms with E-state index < -0.39 is 5.38 Å². The molecule has 0 heterocycles. The molecule has 0 aromatic heterocycles. The van der Waals surface area contributed by atoms with Gasteiger partial charge in [-0.2, -0.15) is 0 Å². The number of benzene rings is 1. The van der Waals surface area contributed by atoms with Gasteiger partial charge < -0.3 is 9.47 Å². The summed E-state index contributed by atoms with van der Waals surface area (Å²) in [5.74, 6) is 0.912. The minimum absolute atomic E-state index is 0.0781. The van der Waals surface area contributed by atoms with E-state index in [4.69, 9.17) is 32.7 Å². The molecule has 5 heteroatoms. The SMILES string of the molecule is COc1ccc(C(=O)C(Cl)CCl)cc1OC. The van der Waals surface area contributed by atoms with Crippen LogP contribution < -0.4 is 9.47 Å². The summed E-state index contributed by atoms with van der Waals surface area (Å²) in [5, 5.41) is -0.722. The van der Waals surface area contributed by atoms with Crippen molar-refractivity contribution in [1.29, 1.82) is 0 Å². The fraction of sp³-hybridized carbons (Fsp3) is 0.364. The van der Waals surface area contributed by atoms with Crippen LogP contribution in [0.3, 0.4) is 0 Å². The topological polar surface area (TPSA) is 35.5 Å². The number of hydrogen-bond acceptors (Lipinski definition) is 3. The first-order valence-electron chi connectivity index (χ1n) is 4.60. The highest BCUT2D eigenvalue weighted by molar-refractivity contribution is 6.38. The van der Waals surface area contributed by atoms with E-state index in [0.717, 1.165) is 0 Å². The summed E-state index contributed by atoms with van der Waals surface area (Å²) in [6, 6.07) is 4.87. The molecule has 0 aliphatic carbocycles. The van der Waals surface area contributed by atoms with Crippen molar-refractivity contribution in [3.63, 3.8) is 0 Å². The number of halogens is 2. The van der Waals surface area contributed by atoms with Crippen LogP contribution in [-0.4, -0.2) is 31.3 Å². The Morgan fingerprint density at radius 2 is 1.94 bits per heavy atom. The minimum atomic E-state index is -0.722. The van der Waals surface area contributed by atoms with Gasteiger partial charge in [-0.25, -0.2) is 0 Å². The molecular formula is C11H12Cl2O3. The Labute approximate surface area is 104 Å². The van der Waals surface area contributed by atoms with E-state index in [1.807, 2.05) is 0 Å². The molecule has 0 aliphatic rings. The molecule has 0 N–H and O–H groups in total. The quantitative estimate of drug-likeness (QED) is 0.605. The third kappa shape index (κ3) is 2.80. The second-order valence-electron chi connectivity index (χ2n) is 3.06. The van der Waals surface area contributed by atoms with Gasteiger partial charge >= 0.3 is 0 Å². The second kappa shape index (κ2) is 5.97. The van der Waals surface area contributed by atoms with Crippen LogP contribution in [0.1, 0.15) is 10.4 Å². The summed E-state index contributed by atoms with van der Waals surface area (Å²) < 4.78 is 10.1. The molecule has 1 aromatic carbocycles. The monoisotopic (exact) mass is 262 g/mol. The maximum absolute atomic E-state index is 11.7. The Hall–Kier alpha value is -0.930. The molecule has 0 spiro atoms. The molecule has 1 rings (SSSR count). The summed E-state index contributed by atoms with van der Waals surface area (Å²) in [5.41, 5.74) is 0.457. The standard InChI is InChI=1S/C11H12Cl2O3/c1-15-9-4-3-7(5-10(9)16-2)11(14)8(13)6-12/h3-5,8H,6H2,1-2H3. The van der Waals surface area contributed by atoms with Crippen molar-refractivity contribution in [2.75, 3.05) is 20.1 Å². The third-order valence-electron chi connectivity index (χ3n) is 2.09. The molecule has 0 bridgehead atoms. The Balaban J connectivity index is 3.03. The Morgan fingerprint density at radius 1 is 1.31 bits per heavy atom. The molecule has 16 heavy (non-hydrogen) atoms. The lowest BCUT2D eigenvalue weighted by atomic mass is 10.1. The molecule has 0 aliphatic heterocycles. The zero-order valence-corrected chi connectivity index (χ0v) is 10.5. The number of ether oxygens (including phenoxy) is 2. The van der Waals surface area contributed by atoms with Gasteiger partial charge in [-0.3, -0.25) is 4.79 Å². The van der Waals surface area contributed by atoms with Gasteiger partial charge in [0.1, 0.15) is 5.38 Å². The van der Waals surface area contributed by atoms with Crippen molar-refractivity contribution in [3.05, 3.63) is 23.8 Å². The molecule has 88 valence electrons. The summed E-state index contributed by atoms with van der Waals surface area (Å²) in [6.45, 7) is 0. The van der Waals surface area contributed by atoms with Crippen molar-refractivity contribution in [3.8, 4) is 11.5 Å². The van der Waals surface area contributed by atoms with Crippen LogP contribution in [0.25, 0.3) is 0 Å². The van der Waals surface area contributed by atoms with Crippen molar-refractivity contribution in [2.45, 2.75) is 5.38 Å². The van der Waals surface area contributed by atoms with Crippen LogP contribution in [0.2, 0.25) is 0 Å². The van der Waals surface area contributed by atoms with Gasteiger partial charge in [-0.15, -0.1) is 23.2 Å². The normalized spacial score (nSPS) is 12.0. The fourth-order valence-corrected chi connectivity index (χ4v) is 1.51. The number of hydrogen-bond donors (Lipinski definition) is 0. The smallest absolute Gasteiger partial charge is 0.182 e. The van der Waals surface area contributed by atoms with Gasteiger partial charge in [0.05, 0.1) is 14.2 Å². The average Bonchev–Trinajstić information content (AvgIpc) is 2.35. The van der Waals surface area contributed by atoms with E-state index in [0.29, 0.717) is 17.1 Å². The molecule has 0 saturated heterocycles. The predicted molar refractivity (Wildman–Crippen MR) is 64.2 cm³/mol. The van der Waals surface area contributed by atoms with Crippen molar-refractivity contribution < 1.29 is 14.3 Å². The molecule has 1 aromatic rings. The van der Waals surface area contributed by atoms with Gasteiger partial charge in [-0.1, -0.05) is 0 Å². The summed E-state index contributed by atoms with van der Waals surface area (Å²) >= 11 is 11.3. The molecule has 3 nitrogen and oxygen atoms in total. The van der Waals surface area contributed by atoms with Crippen LogP contribution in [0.4, 0.5) is 0 Å². The summed E-state index contributed by atoms with van der Waals surface area (Å²) in [6.07, 6.45) is 0. The van der Waals surface area contributed by atoms with Gasteiger partial charge in [0.2, 0.25) is 0 Å². The summed E-state index contributed by atoms with van der Waals surface area (Å²) in [4.78, 5) is 11.7. The number of alkyl halides is 2. The number of carbonyl (C=O) groups excluding carboxylic acids is 1. The lowest BCUT2D eigenvalue weighted by Crippen LogP contribution is -2.16. The van der Waals surface area contributed by atoms with Crippen LogP contribution in [0.5, 0.6) is 11.5 Å². The van der Waals surface area contributed by atoms with Crippen LogP contribution in [0, 0.1) is 0 Å². The first kappa shape index (κ1) is 13.1. The van der Waals surface area contributed by atoms with Crippen molar-refractivity contribution >= 4 is 29.0 Å². The predicted octanol–water partition coefficient (Wildman–Crippen LogP) is 2.73. The van der Waals surface area contributed by atoms with Crippen molar-refractivity contribution in [1.82, 2.24) is 0 Å². The Bertz CT molecular complexity index is 379. The average molecular weight is 263 g/mol. The molecule has 0 fully saturated rings. The highest BCUT2D eigenvalue weighted by Crippen LogP contribution is 2.28. The zero-order valence-electron chi connectivity index (χ0n) is 9.00. The number of carbonyl (C=O) groups is 1. The minimum Gasteiger partial charge on any atom is -0.493 e. The van der Waals surface area contributed by atoms with E-state index in [9.17, 15) is 4.79 Å². The van der Waals surface area contributed by atoms with E-state index in [1.54, 1.807) is 18.2 Å². The van der Waals surface area contributed by atoms with Crippen LogP contribution in [-0.2, 0) is 0 Å². The molecule has 1 unspecified atom stereocenters. The molecule has 0 radical (unpaired) electrons. The molecule has 0 saturated carbocycles. The first-order valence-corrected chi connectivity index (χ1v) is 5.57. The van der Waals surface area contributed by atoms with E-state index in [-0.39, 0.29) is 11.7 Å². The van der Waals surface area contributed by atoms with E-state index in [2.05, 4.69) is 0 Å². The lowest BCUT2D eigenvalue weighted by molar-refractivity contribution is 0.0992. The van der Waals surface area contributed by atoms with Crippen molar-refractivity contribution in [2.24, 2.45) is 0 Å². The Kier molecular flexibility index (Phi) is 4.90. The van der Waals surface area contributed by atoms with Crippen LogP contribution >= 0.6 is 23.2 Å². The number of ketones is 1. The Morgan fingerprint density at radius 3 is 2.44 bits per heavy atom. The van der Waals surface area contributed by atoms with Crippen LogP contribution in [0.15, 0.2) is 18.2 Å². The number of Topliss-reactive ketones (excluding diaryl/α,β-unsaturated/α-hetero) is 1.